The monoisotopic (exact) mass is 434 g/mol. The molecule has 1 aliphatic rings. The van der Waals surface area contributed by atoms with Crippen molar-refractivity contribution >= 4 is 39.7 Å². The summed E-state index contributed by atoms with van der Waals surface area (Å²) in [4.78, 5) is 28.6. The Hall–Kier alpha value is -3.92. The number of rotatable bonds is 6. The smallest absolute Gasteiger partial charge is 0.282 e. The van der Waals surface area contributed by atoms with Crippen molar-refractivity contribution in [2.45, 2.75) is 13.0 Å². The number of methoxy groups -OCH3 is 1. The normalized spacial score (nSPS) is 16.1. The van der Waals surface area contributed by atoms with Crippen LogP contribution in [0.3, 0.4) is 0 Å². The van der Waals surface area contributed by atoms with Crippen molar-refractivity contribution in [3.05, 3.63) is 59.5 Å². The first-order valence-electron chi connectivity index (χ1n) is 9.18. The molecule has 2 aromatic carbocycles. The summed E-state index contributed by atoms with van der Waals surface area (Å²) >= 11 is 1.28. The van der Waals surface area contributed by atoms with E-state index in [1.807, 2.05) is 29.6 Å². The molecule has 1 aromatic heterocycles. The number of nitrogens with zero attached hydrogens (tertiary/aromatic N) is 5. The molecule has 0 spiro atoms. The van der Waals surface area contributed by atoms with Crippen LogP contribution in [0.4, 0.5) is 10.8 Å². The zero-order valence-electron chi connectivity index (χ0n) is 16.6. The molecule has 0 saturated heterocycles. The van der Waals surface area contributed by atoms with Gasteiger partial charge in [-0.05, 0) is 37.3 Å². The van der Waals surface area contributed by atoms with Gasteiger partial charge in [0, 0.05) is 16.5 Å². The first-order chi connectivity index (χ1) is 15.0. The quantitative estimate of drug-likeness (QED) is 0.552. The number of anilines is 1. The number of benzene rings is 2. The molecule has 156 valence electrons. The van der Waals surface area contributed by atoms with Gasteiger partial charge in [0.25, 0.3) is 5.91 Å². The lowest BCUT2D eigenvalue weighted by molar-refractivity contribution is -0.254. The SMILES string of the molecule is COc1ccc(-c2csc(N3N=C(C)[C@@H](N=Nc4ccccc4C(=O)[O-])C3=O)n2)cc1. The molecule has 1 aliphatic heterocycles. The second kappa shape index (κ2) is 8.44. The lowest BCUT2D eigenvalue weighted by Gasteiger charge is -2.08. The fourth-order valence-corrected chi connectivity index (χ4v) is 3.72. The molecule has 3 aromatic rings. The summed E-state index contributed by atoms with van der Waals surface area (Å²) in [6.07, 6.45) is 0. The van der Waals surface area contributed by atoms with E-state index in [4.69, 9.17) is 4.74 Å². The highest BCUT2D eigenvalue weighted by atomic mass is 32.1. The number of azo groups is 1. The largest absolute Gasteiger partial charge is 0.545 e. The molecule has 1 atom stereocenters. The third-order valence-electron chi connectivity index (χ3n) is 4.56. The van der Waals surface area contributed by atoms with Gasteiger partial charge in [-0.2, -0.15) is 20.3 Å². The molecule has 31 heavy (non-hydrogen) atoms. The Morgan fingerprint density at radius 1 is 1.19 bits per heavy atom. The van der Waals surface area contributed by atoms with E-state index < -0.39 is 17.9 Å². The van der Waals surface area contributed by atoms with Crippen LogP contribution in [0, 0.1) is 0 Å². The molecule has 0 radical (unpaired) electrons. The Morgan fingerprint density at radius 2 is 1.94 bits per heavy atom. The average Bonchev–Trinajstić information content (AvgIpc) is 3.37. The van der Waals surface area contributed by atoms with Gasteiger partial charge in [0.1, 0.15) is 5.75 Å². The third kappa shape index (κ3) is 4.05. The van der Waals surface area contributed by atoms with E-state index in [0.717, 1.165) is 11.3 Å². The summed E-state index contributed by atoms with van der Waals surface area (Å²) in [7, 11) is 1.60. The minimum atomic E-state index is -1.37. The average molecular weight is 434 g/mol. The van der Waals surface area contributed by atoms with Gasteiger partial charge in [-0.3, -0.25) is 4.79 Å². The Morgan fingerprint density at radius 3 is 2.65 bits per heavy atom. The van der Waals surface area contributed by atoms with E-state index in [1.54, 1.807) is 26.2 Å². The predicted octanol–water partition coefficient (Wildman–Crippen LogP) is 3.06. The number of thiazole rings is 1. The molecule has 1 amide bonds. The van der Waals surface area contributed by atoms with Crippen LogP contribution in [0.2, 0.25) is 0 Å². The fourth-order valence-electron chi connectivity index (χ4n) is 2.94. The number of aromatic carboxylic acids is 1. The van der Waals surface area contributed by atoms with Crippen LogP contribution in [-0.4, -0.2) is 35.7 Å². The zero-order valence-corrected chi connectivity index (χ0v) is 17.4. The van der Waals surface area contributed by atoms with E-state index in [1.165, 1.54) is 28.5 Å². The van der Waals surface area contributed by atoms with Gasteiger partial charge in [0.15, 0.2) is 6.04 Å². The van der Waals surface area contributed by atoms with Crippen LogP contribution in [-0.2, 0) is 4.79 Å². The van der Waals surface area contributed by atoms with Gasteiger partial charge in [-0.1, -0.05) is 18.2 Å². The van der Waals surface area contributed by atoms with Crippen LogP contribution >= 0.6 is 11.3 Å². The number of carboxylic acids is 1. The Labute approximate surface area is 181 Å². The molecule has 0 fully saturated rings. The molecular formula is C21H16N5O4S-. The van der Waals surface area contributed by atoms with Gasteiger partial charge < -0.3 is 14.6 Å². The predicted molar refractivity (Wildman–Crippen MR) is 114 cm³/mol. The van der Waals surface area contributed by atoms with E-state index >= 15 is 0 Å². The van der Waals surface area contributed by atoms with Gasteiger partial charge in [0.05, 0.1) is 30.2 Å². The minimum absolute atomic E-state index is 0.104. The maximum Gasteiger partial charge on any atom is 0.282 e. The Bertz CT molecular complexity index is 1200. The lowest BCUT2D eigenvalue weighted by Crippen LogP contribution is -2.29. The highest BCUT2D eigenvalue weighted by Gasteiger charge is 2.36. The second-order valence-electron chi connectivity index (χ2n) is 6.56. The van der Waals surface area contributed by atoms with Crippen molar-refractivity contribution in [1.82, 2.24) is 4.98 Å². The zero-order chi connectivity index (χ0) is 22.0. The number of hydrogen-bond acceptors (Lipinski definition) is 9. The molecular weight excluding hydrogens is 418 g/mol. The van der Waals surface area contributed by atoms with E-state index in [-0.39, 0.29) is 11.3 Å². The molecule has 0 saturated carbocycles. The fraction of sp³-hybridized carbons (Fsp3) is 0.143. The lowest BCUT2D eigenvalue weighted by atomic mass is 10.2. The van der Waals surface area contributed by atoms with Crippen molar-refractivity contribution in [3.8, 4) is 17.0 Å². The number of carbonyl (C=O) groups is 2. The van der Waals surface area contributed by atoms with E-state index in [9.17, 15) is 14.7 Å². The number of hydrazone groups is 1. The van der Waals surface area contributed by atoms with Gasteiger partial charge in [0.2, 0.25) is 5.13 Å². The van der Waals surface area contributed by atoms with E-state index in [2.05, 4.69) is 20.3 Å². The number of carboxylic acid groups (broad SMARTS) is 1. The first-order valence-corrected chi connectivity index (χ1v) is 10.1. The van der Waals surface area contributed by atoms with Gasteiger partial charge in [-0.25, -0.2) is 4.98 Å². The summed E-state index contributed by atoms with van der Waals surface area (Å²) in [5.41, 5.74) is 2.02. The van der Waals surface area contributed by atoms with Crippen LogP contribution in [0.1, 0.15) is 17.3 Å². The highest BCUT2D eigenvalue weighted by molar-refractivity contribution is 7.14. The summed E-state index contributed by atoms with van der Waals surface area (Å²) < 4.78 is 5.16. The summed E-state index contributed by atoms with van der Waals surface area (Å²) in [5.74, 6) is -1.04. The molecule has 9 nitrogen and oxygen atoms in total. The van der Waals surface area contributed by atoms with Gasteiger partial charge in [-0.15, -0.1) is 11.3 Å². The van der Waals surface area contributed by atoms with Crippen LogP contribution in [0.15, 0.2) is 69.2 Å². The molecule has 0 bridgehead atoms. The molecule has 4 rings (SSSR count). The van der Waals surface area contributed by atoms with Crippen LogP contribution in [0.5, 0.6) is 5.75 Å². The molecule has 10 heteroatoms. The molecule has 0 unspecified atom stereocenters. The standard InChI is InChI=1S/C21H17N5O4S/c1-12-18(24-23-16-6-4-3-5-15(16)20(28)29)19(27)26(25-12)21-22-17(11-31-21)13-7-9-14(30-2)10-8-13/h3-11,18H,1-2H3,(H,28,29)/p-1/t18-/m1/s1. The molecule has 0 N–H and O–H groups in total. The van der Waals surface area contributed by atoms with Crippen molar-refractivity contribution in [2.24, 2.45) is 15.3 Å². The van der Waals surface area contributed by atoms with E-state index in [0.29, 0.717) is 16.5 Å². The molecule has 0 aliphatic carbocycles. The van der Waals surface area contributed by atoms with Crippen molar-refractivity contribution in [3.63, 3.8) is 0 Å². The summed E-state index contributed by atoms with van der Waals surface area (Å²) in [5, 5.41) is 26.9. The molecule has 2 heterocycles. The van der Waals surface area contributed by atoms with Crippen LogP contribution < -0.4 is 14.9 Å². The Kier molecular flexibility index (Phi) is 5.54. The number of hydrogen-bond donors (Lipinski definition) is 0. The topological polar surface area (TPSA) is 120 Å². The second-order valence-corrected chi connectivity index (χ2v) is 7.39. The first kappa shape index (κ1) is 20.4. The number of carbonyl (C=O) groups excluding carboxylic acids is 2. The Balaban J connectivity index is 1.54. The van der Waals surface area contributed by atoms with Crippen molar-refractivity contribution in [1.29, 1.82) is 0 Å². The van der Waals surface area contributed by atoms with Crippen molar-refractivity contribution in [2.75, 3.05) is 12.1 Å². The summed E-state index contributed by atoms with van der Waals surface area (Å²) in [6, 6.07) is 12.5. The highest BCUT2D eigenvalue weighted by Crippen LogP contribution is 2.31. The maximum atomic E-state index is 12.9. The number of ether oxygens (including phenoxy) is 1. The summed E-state index contributed by atoms with van der Waals surface area (Å²) in [6.45, 7) is 1.66. The van der Waals surface area contributed by atoms with Crippen LogP contribution in [0.25, 0.3) is 11.3 Å². The number of amides is 1. The van der Waals surface area contributed by atoms with Gasteiger partial charge >= 0.3 is 0 Å². The number of aromatic nitrogens is 1. The maximum absolute atomic E-state index is 12.9. The third-order valence-corrected chi connectivity index (χ3v) is 5.38. The minimum Gasteiger partial charge on any atom is -0.545 e. The van der Waals surface area contributed by atoms with Crippen molar-refractivity contribution < 1.29 is 19.4 Å².